The number of methoxy groups -OCH3 is 2. The van der Waals surface area contributed by atoms with Gasteiger partial charge in [0.25, 0.3) is 5.91 Å². The number of hydrogen-bond acceptors (Lipinski definition) is 5. The van der Waals surface area contributed by atoms with Gasteiger partial charge in [0.05, 0.1) is 38.1 Å². The minimum absolute atomic E-state index is 0.281. The summed E-state index contributed by atoms with van der Waals surface area (Å²) in [5.41, 5.74) is 2.47. The van der Waals surface area contributed by atoms with Crippen molar-refractivity contribution < 1.29 is 19.0 Å². The Hall–Kier alpha value is -3.26. The maximum absolute atomic E-state index is 13.4. The number of benzene rings is 2. The molecule has 1 heterocycles. The smallest absolute Gasteiger partial charge is 0.255 e. The highest BCUT2D eigenvalue weighted by molar-refractivity contribution is 7.80. The van der Waals surface area contributed by atoms with E-state index < -0.39 is 6.04 Å². The van der Waals surface area contributed by atoms with Gasteiger partial charge in [-0.3, -0.25) is 4.79 Å². The molecule has 1 unspecified atom stereocenters. The van der Waals surface area contributed by atoms with Crippen molar-refractivity contribution in [1.82, 2.24) is 10.6 Å². The van der Waals surface area contributed by atoms with Crippen LogP contribution in [0.25, 0.3) is 0 Å². The van der Waals surface area contributed by atoms with Crippen LogP contribution >= 0.6 is 12.2 Å². The quantitative estimate of drug-likeness (QED) is 0.583. The zero-order valence-corrected chi connectivity index (χ0v) is 18.2. The SMILES string of the molecule is CCOc1ccccc1NC(=O)C1=C(C)NC(=S)NC1c1cccc(OC)c1OC. The Labute approximate surface area is 181 Å². The highest BCUT2D eigenvalue weighted by atomic mass is 32.1. The molecule has 1 aliphatic heterocycles. The van der Waals surface area contributed by atoms with Crippen LogP contribution < -0.4 is 30.2 Å². The van der Waals surface area contributed by atoms with Crippen LogP contribution in [0.15, 0.2) is 53.7 Å². The molecule has 1 atom stereocenters. The van der Waals surface area contributed by atoms with Gasteiger partial charge in [-0.05, 0) is 44.3 Å². The first kappa shape index (κ1) is 21.4. The molecule has 30 heavy (non-hydrogen) atoms. The molecular formula is C22H25N3O4S. The number of allylic oxidation sites excluding steroid dienone is 1. The lowest BCUT2D eigenvalue weighted by atomic mass is 9.93. The van der Waals surface area contributed by atoms with Crippen LogP contribution in [-0.2, 0) is 4.79 Å². The number of thiocarbonyl (C=S) groups is 1. The lowest BCUT2D eigenvalue weighted by Crippen LogP contribution is -2.45. The Bertz CT molecular complexity index is 990. The van der Waals surface area contributed by atoms with Crippen molar-refractivity contribution in [3.05, 3.63) is 59.3 Å². The molecule has 7 nitrogen and oxygen atoms in total. The van der Waals surface area contributed by atoms with Crippen molar-refractivity contribution in [2.75, 3.05) is 26.1 Å². The number of ether oxygens (including phenoxy) is 3. The second kappa shape index (κ2) is 9.49. The molecule has 3 rings (SSSR count). The van der Waals surface area contributed by atoms with Gasteiger partial charge >= 0.3 is 0 Å². The van der Waals surface area contributed by atoms with Crippen molar-refractivity contribution >= 4 is 28.9 Å². The fraction of sp³-hybridized carbons (Fsp3) is 0.273. The van der Waals surface area contributed by atoms with Crippen molar-refractivity contribution in [2.24, 2.45) is 0 Å². The molecule has 0 aliphatic carbocycles. The van der Waals surface area contributed by atoms with E-state index in [9.17, 15) is 4.79 Å². The zero-order valence-electron chi connectivity index (χ0n) is 17.4. The van der Waals surface area contributed by atoms with E-state index in [1.807, 2.05) is 44.2 Å². The van der Waals surface area contributed by atoms with E-state index in [0.29, 0.717) is 45.9 Å². The Morgan fingerprint density at radius 1 is 1.10 bits per heavy atom. The average Bonchev–Trinajstić information content (AvgIpc) is 2.73. The molecule has 0 radical (unpaired) electrons. The Balaban J connectivity index is 2.02. The predicted molar refractivity (Wildman–Crippen MR) is 120 cm³/mol. The number of para-hydroxylation sites is 3. The van der Waals surface area contributed by atoms with Crippen LogP contribution in [0.5, 0.6) is 17.2 Å². The molecule has 0 bridgehead atoms. The van der Waals surface area contributed by atoms with Crippen LogP contribution in [0.4, 0.5) is 5.69 Å². The first-order valence-corrected chi connectivity index (χ1v) is 9.93. The van der Waals surface area contributed by atoms with E-state index in [1.165, 1.54) is 0 Å². The van der Waals surface area contributed by atoms with E-state index in [2.05, 4.69) is 16.0 Å². The highest BCUT2D eigenvalue weighted by Crippen LogP contribution is 2.39. The van der Waals surface area contributed by atoms with Gasteiger partial charge in [0, 0.05) is 11.3 Å². The third-order valence-electron chi connectivity index (χ3n) is 4.69. The summed E-state index contributed by atoms with van der Waals surface area (Å²) in [7, 11) is 3.14. The van der Waals surface area contributed by atoms with Gasteiger partial charge in [-0.2, -0.15) is 0 Å². The van der Waals surface area contributed by atoms with Crippen LogP contribution in [0.1, 0.15) is 25.5 Å². The summed E-state index contributed by atoms with van der Waals surface area (Å²) in [4.78, 5) is 13.4. The molecule has 3 N–H and O–H groups in total. The molecule has 2 aromatic rings. The predicted octanol–water partition coefficient (Wildman–Crippen LogP) is 3.53. The van der Waals surface area contributed by atoms with Crippen LogP contribution in [0.2, 0.25) is 0 Å². The fourth-order valence-corrected chi connectivity index (χ4v) is 3.68. The van der Waals surface area contributed by atoms with Crippen molar-refractivity contribution in [3.8, 4) is 17.2 Å². The molecule has 158 valence electrons. The Morgan fingerprint density at radius 2 is 1.83 bits per heavy atom. The number of anilines is 1. The monoisotopic (exact) mass is 427 g/mol. The van der Waals surface area contributed by atoms with E-state index in [0.717, 1.165) is 5.56 Å². The molecule has 8 heteroatoms. The highest BCUT2D eigenvalue weighted by Gasteiger charge is 2.33. The minimum atomic E-state index is -0.525. The Morgan fingerprint density at radius 3 is 2.53 bits per heavy atom. The lowest BCUT2D eigenvalue weighted by molar-refractivity contribution is -0.113. The normalized spacial score (nSPS) is 15.7. The molecular weight excluding hydrogens is 402 g/mol. The summed E-state index contributed by atoms with van der Waals surface area (Å²) < 4.78 is 16.6. The number of rotatable bonds is 7. The summed E-state index contributed by atoms with van der Waals surface area (Å²) in [6.45, 7) is 4.21. The molecule has 0 saturated carbocycles. The van der Waals surface area contributed by atoms with Gasteiger partial charge < -0.3 is 30.2 Å². The summed E-state index contributed by atoms with van der Waals surface area (Å²) in [6.07, 6.45) is 0. The van der Waals surface area contributed by atoms with Gasteiger partial charge in [-0.1, -0.05) is 24.3 Å². The second-order valence-corrected chi connectivity index (χ2v) is 6.94. The van der Waals surface area contributed by atoms with E-state index in [1.54, 1.807) is 26.4 Å². The number of hydrogen-bond donors (Lipinski definition) is 3. The molecule has 0 aromatic heterocycles. The van der Waals surface area contributed by atoms with Crippen LogP contribution in [0.3, 0.4) is 0 Å². The lowest BCUT2D eigenvalue weighted by Gasteiger charge is -2.31. The van der Waals surface area contributed by atoms with Gasteiger partial charge in [0.15, 0.2) is 16.6 Å². The zero-order chi connectivity index (χ0) is 21.7. The number of nitrogens with one attached hydrogen (secondary N) is 3. The van der Waals surface area contributed by atoms with E-state index in [-0.39, 0.29) is 5.91 Å². The summed E-state index contributed by atoms with van der Waals surface area (Å²) in [5, 5.41) is 9.60. The fourth-order valence-electron chi connectivity index (χ4n) is 3.41. The average molecular weight is 428 g/mol. The first-order chi connectivity index (χ1) is 14.5. The van der Waals surface area contributed by atoms with Gasteiger partial charge in [0.1, 0.15) is 5.75 Å². The van der Waals surface area contributed by atoms with Crippen LogP contribution in [-0.4, -0.2) is 31.8 Å². The summed E-state index contributed by atoms with van der Waals surface area (Å²) >= 11 is 5.34. The number of carbonyl (C=O) groups excluding carboxylic acids is 1. The Kier molecular flexibility index (Phi) is 6.79. The van der Waals surface area contributed by atoms with Gasteiger partial charge in [0.2, 0.25) is 0 Å². The van der Waals surface area contributed by atoms with Gasteiger partial charge in [-0.25, -0.2) is 0 Å². The molecule has 2 aromatic carbocycles. The first-order valence-electron chi connectivity index (χ1n) is 9.52. The summed E-state index contributed by atoms with van der Waals surface area (Å²) in [6, 6.07) is 12.3. The van der Waals surface area contributed by atoms with Crippen molar-refractivity contribution in [3.63, 3.8) is 0 Å². The van der Waals surface area contributed by atoms with Crippen LogP contribution in [0, 0.1) is 0 Å². The second-order valence-electron chi connectivity index (χ2n) is 6.54. The molecule has 0 spiro atoms. The number of amides is 1. The third-order valence-corrected chi connectivity index (χ3v) is 4.91. The molecule has 0 saturated heterocycles. The number of carbonyl (C=O) groups is 1. The van der Waals surface area contributed by atoms with Crippen molar-refractivity contribution in [1.29, 1.82) is 0 Å². The summed E-state index contributed by atoms with van der Waals surface area (Å²) in [5.74, 6) is 1.43. The third kappa shape index (κ3) is 4.33. The minimum Gasteiger partial charge on any atom is -0.493 e. The maximum atomic E-state index is 13.4. The maximum Gasteiger partial charge on any atom is 0.255 e. The van der Waals surface area contributed by atoms with Gasteiger partial charge in [-0.15, -0.1) is 0 Å². The standard InChI is InChI=1S/C22H25N3O4S/c1-5-29-16-11-7-6-10-15(16)24-21(26)18-13(2)23-22(30)25-19(18)14-9-8-12-17(27-3)20(14)28-4/h6-12,19H,5H2,1-4H3,(H,24,26)(H2,23,25,30). The molecule has 1 amide bonds. The van der Waals surface area contributed by atoms with E-state index in [4.69, 9.17) is 26.4 Å². The topological polar surface area (TPSA) is 80.9 Å². The van der Waals surface area contributed by atoms with E-state index >= 15 is 0 Å². The van der Waals surface area contributed by atoms with Crippen molar-refractivity contribution in [2.45, 2.75) is 19.9 Å². The largest absolute Gasteiger partial charge is 0.493 e. The molecule has 0 fully saturated rings. The molecule has 1 aliphatic rings.